The van der Waals surface area contributed by atoms with E-state index in [1.807, 2.05) is 18.2 Å². The van der Waals surface area contributed by atoms with Crippen LogP contribution in [0.5, 0.6) is 0 Å². The molecule has 0 saturated carbocycles. The largest absolute Gasteiger partial charge is 0.383 e. The molecule has 0 radical (unpaired) electrons. The Labute approximate surface area is 121 Å². The van der Waals surface area contributed by atoms with Gasteiger partial charge in [-0.25, -0.2) is 9.97 Å². The first-order chi connectivity index (χ1) is 10.2. The third-order valence-electron chi connectivity index (χ3n) is 3.67. The molecule has 2 heterocycles. The molecule has 2 aromatic rings. The fraction of sp³-hybridized carbons (Fsp3) is 0.286. The number of fused-ring (bicyclic) bond motifs is 1. The maximum atomic E-state index is 12.1. The van der Waals surface area contributed by atoms with Crippen LogP contribution in [0.25, 0.3) is 10.9 Å². The van der Waals surface area contributed by atoms with Gasteiger partial charge in [0.25, 0.3) is 0 Å². The van der Waals surface area contributed by atoms with Gasteiger partial charge in [0.15, 0.2) is 0 Å². The topological polar surface area (TPSA) is 101 Å². The van der Waals surface area contributed by atoms with Crippen LogP contribution < -0.4 is 11.1 Å². The minimum atomic E-state index is -0.406. The van der Waals surface area contributed by atoms with Gasteiger partial charge < -0.3 is 16.0 Å². The van der Waals surface area contributed by atoms with Crippen molar-refractivity contribution >= 4 is 29.0 Å². The van der Waals surface area contributed by atoms with Gasteiger partial charge in [0.05, 0.1) is 5.52 Å². The summed E-state index contributed by atoms with van der Waals surface area (Å²) in [5, 5.41) is 3.32. The number of aromatic nitrogens is 2. The quantitative estimate of drug-likeness (QED) is 0.773. The van der Waals surface area contributed by atoms with Gasteiger partial charge in [-0.1, -0.05) is 6.07 Å². The number of hydrogen-bond donors (Lipinski definition) is 2. The van der Waals surface area contributed by atoms with Crippen LogP contribution in [0.3, 0.4) is 0 Å². The van der Waals surface area contributed by atoms with Crippen molar-refractivity contribution in [3.8, 4) is 0 Å². The summed E-state index contributed by atoms with van der Waals surface area (Å²) >= 11 is 0. The predicted octanol–water partition coefficient (Wildman–Crippen LogP) is 0.0589. The monoisotopic (exact) mass is 285 g/mol. The van der Waals surface area contributed by atoms with E-state index >= 15 is 0 Å². The molecule has 1 aliphatic rings. The molecule has 1 aromatic carbocycles. The average Bonchev–Trinajstić information content (AvgIpc) is 2.82. The Morgan fingerprint density at radius 1 is 1.43 bits per heavy atom. The van der Waals surface area contributed by atoms with Crippen molar-refractivity contribution in [3.05, 3.63) is 30.1 Å². The first-order valence-corrected chi connectivity index (χ1v) is 6.66. The third kappa shape index (κ3) is 2.49. The highest BCUT2D eigenvalue weighted by molar-refractivity contribution is 5.88. The zero-order chi connectivity index (χ0) is 14.8. The molecule has 7 nitrogen and oxygen atoms in total. The van der Waals surface area contributed by atoms with Crippen molar-refractivity contribution < 1.29 is 9.59 Å². The molecule has 1 aliphatic heterocycles. The van der Waals surface area contributed by atoms with Crippen LogP contribution in [0.1, 0.15) is 12.0 Å². The van der Waals surface area contributed by atoms with Gasteiger partial charge in [-0.2, -0.15) is 0 Å². The van der Waals surface area contributed by atoms with E-state index < -0.39 is 6.04 Å². The number of anilines is 1. The Hall–Kier alpha value is -2.70. The van der Waals surface area contributed by atoms with Crippen molar-refractivity contribution in [3.63, 3.8) is 0 Å². The number of likely N-dealkylation sites (tertiary alicyclic amines) is 1. The summed E-state index contributed by atoms with van der Waals surface area (Å²) in [7, 11) is 0. The Morgan fingerprint density at radius 3 is 3.10 bits per heavy atom. The standard InChI is InChI=1S/C14H15N5O2/c15-13-10-5-9(1-2-11(10)16-7-17-13)6-19-4-3-12(14(19)21)18-8-20/h1-2,5,7-8,12H,3-4,6H2,(H,18,20)(H2,15,16,17)/t12-/m0/s1. The first-order valence-electron chi connectivity index (χ1n) is 6.66. The lowest BCUT2D eigenvalue weighted by atomic mass is 10.1. The van der Waals surface area contributed by atoms with Crippen LogP contribution in [0.15, 0.2) is 24.5 Å². The van der Waals surface area contributed by atoms with E-state index in [2.05, 4.69) is 15.3 Å². The number of hydrogen-bond acceptors (Lipinski definition) is 5. The predicted molar refractivity (Wildman–Crippen MR) is 77.0 cm³/mol. The molecule has 0 spiro atoms. The number of nitrogen functional groups attached to an aromatic ring is 1. The highest BCUT2D eigenvalue weighted by Gasteiger charge is 2.30. The van der Waals surface area contributed by atoms with Crippen molar-refractivity contribution in [1.82, 2.24) is 20.2 Å². The van der Waals surface area contributed by atoms with E-state index in [1.165, 1.54) is 6.33 Å². The molecule has 0 unspecified atom stereocenters. The minimum absolute atomic E-state index is 0.0560. The van der Waals surface area contributed by atoms with Crippen LogP contribution in [-0.4, -0.2) is 39.8 Å². The summed E-state index contributed by atoms with van der Waals surface area (Å²) in [6.45, 7) is 1.11. The van der Waals surface area contributed by atoms with Gasteiger partial charge in [0, 0.05) is 18.5 Å². The van der Waals surface area contributed by atoms with Crippen molar-refractivity contribution in [2.24, 2.45) is 0 Å². The molecule has 0 aliphatic carbocycles. The van der Waals surface area contributed by atoms with E-state index in [9.17, 15) is 9.59 Å². The van der Waals surface area contributed by atoms with Gasteiger partial charge in [0.2, 0.25) is 12.3 Å². The number of amides is 2. The SMILES string of the molecule is Nc1ncnc2ccc(CN3CC[C@H](NC=O)C3=O)cc12. The molecule has 1 aromatic heterocycles. The summed E-state index contributed by atoms with van der Waals surface area (Å²) in [4.78, 5) is 32.4. The molecule has 1 saturated heterocycles. The van der Waals surface area contributed by atoms with E-state index in [0.717, 1.165) is 16.5 Å². The zero-order valence-corrected chi connectivity index (χ0v) is 11.3. The normalized spacial score (nSPS) is 18.2. The van der Waals surface area contributed by atoms with Gasteiger partial charge in [-0.15, -0.1) is 0 Å². The molecule has 1 fully saturated rings. The molecule has 1 atom stereocenters. The van der Waals surface area contributed by atoms with Gasteiger partial charge in [-0.3, -0.25) is 9.59 Å². The van der Waals surface area contributed by atoms with Gasteiger partial charge >= 0.3 is 0 Å². The van der Waals surface area contributed by atoms with Crippen molar-refractivity contribution in [2.75, 3.05) is 12.3 Å². The lowest BCUT2D eigenvalue weighted by Gasteiger charge is -2.17. The number of nitrogens with one attached hydrogen (secondary N) is 1. The van der Waals surface area contributed by atoms with Crippen LogP contribution in [0, 0.1) is 0 Å². The van der Waals surface area contributed by atoms with Gasteiger partial charge in [-0.05, 0) is 24.1 Å². The fourth-order valence-electron chi connectivity index (χ4n) is 2.58. The Balaban J connectivity index is 1.81. The lowest BCUT2D eigenvalue weighted by molar-refractivity contribution is -0.131. The average molecular weight is 285 g/mol. The maximum Gasteiger partial charge on any atom is 0.245 e. The van der Waals surface area contributed by atoms with E-state index in [4.69, 9.17) is 5.73 Å². The second-order valence-corrected chi connectivity index (χ2v) is 5.00. The Morgan fingerprint density at radius 2 is 2.29 bits per heavy atom. The maximum absolute atomic E-state index is 12.1. The van der Waals surface area contributed by atoms with E-state index in [-0.39, 0.29) is 5.91 Å². The zero-order valence-electron chi connectivity index (χ0n) is 11.3. The summed E-state index contributed by atoms with van der Waals surface area (Å²) in [6, 6.07) is 5.28. The Kier molecular flexibility index (Phi) is 3.39. The smallest absolute Gasteiger partial charge is 0.245 e. The Bertz CT molecular complexity index is 703. The number of carbonyl (C=O) groups excluding carboxylic acids is 2. The second-order valence-electron chi connectivity index (χ2n) is 5.00. The number of nitrogens with zero attached hydrogens (tertiary/aromatic N) is 3. The molecule has 0 bridgehead atoms. The number of benzene rings is 1. The highest BCUT2D eigenvalue weighted by Crippen LogP contribution is 2.21. The van der Waals surface area contributed by atoms with Crippen LogP contribution in [0.2, 0.25) is 0 Å². The first kappa shape index (κ1) is 13.3. The number of nitrogens with two attached hydrogens (primary N) is 1. The fourth-order valence-corrected chi connectivity index (χ4v) is 2.58. The summed E-state index contributed by atoms with van der Waals surface area (Å²) in [5.74, 6) is 0.370. The highest BCUT2D eigenvalue weighted by atomic mass is 16.2. The molecule has 108 valence electrons. The second kappa shape index (κ2) is 5.35. The third-order valence-corrected chi connectivity index (χ3v) is 3.67. The molecule has 2 amide bonds. The minimum Gasteiger partial charge on any atom is -0.383 e. The van der Waals surface area contributed by atoms with Crippen molar-refractivity contribution in [2.45, 2.75) is 19.0 Å². The molecular weight excluding hydrogens is 270 g/mol. The van der Waals surface area contributed by atoms with Crippen LogP contribution >= 0.6 is 0 Å². The number of carbonyl (C=O) groups is 2. The molecular formula is C14H15N5O2. The summed E-state index contributed by atoms with van der Waals surface area (Å²) < 4.78 is 0. The van der Waals surface area contributed by atoms with E-state index in [1.54, 1.807) is 4.90 Å². The van der Waals surface area contributed by atoms with E-state index in [0.29, 0.717) is 31.7 Å². The molecule has 21 heavy (non-hydrogen) atoms. The summed E-state index contributed by atoms with van der Waals surface area (Å²) in [5.41, 5.74) is 7.58. The molecule has 7 heteroatoms. The molecule has 3 N–H and O–H groups in total. The van der Waals surface area contributed by atoms with Crippen LogP contribution in [-0.2, 0) is 16.1 Å². The molecule has 3 rings (SSSR count). The van der Waals surface area contributed by atoms with Crippen molar-refractivity contribution in [1.29, 1.82) is 0 Å². The van der Waals surface area contributed by atoms with Crippen LogP contribution in [0.4, 0.5) is 5.82 Å². The van der Waals surface area contributed by atoms with Gasteiger partial charge in [0.1, 0.15) is 18.2 Å². The summed E-state index contributed by atoms with van der Waals surface area (Å²) in [6.07, 6.45) is 2.63. The number of rotatable bonds is 4. The lowest BCUT2D eigenvalue weighted by Crippen LogP contribution is -2.37.